The number of rotatable bonds is 3. The number of fused-ring (bicyclic) bond motifs is 1. The van der Waals surface area contributed by atoms with Crippen LogP contribution in [-0.4, -0.2) is 14.7 Å². The summed E-state index contributed by atoms with van der Waals surface area (Å²) < 4.78 is 2.07. The minimum absolute atomic E-state index is 0.729. The van der Waals surface area contributed by atoms with Gasteiger partial charge in [-0.1, -0.05) is 31.2 Å². The highest BCUT2D eigenvalue weighted by atomic mass is 16.3. The van der Waals surface area contributed by atoms with Gasteiger partial charge in [0.2, 0.25) is 0 Å². The fourth-order valence-corrected chi connectivity index (χ4v) is 2.92. The van der Waals surface area contributed by atoms with Crippen molar-refractivity contribution in [2.75, 3.05) is 0 Å². The first-order chi connectivity index (χ1) is 8.75. The van der Waals surface area contributed by atoms with Gasteiger partial charge in [0.05, 0.1) is 0 Å². The Kier molecular flexibility index (Phi) is 2.71. The Labute approximate surface area is 107 Å². The van der Waals surface area contributed by atoms with Gasteiger partial charge in [0.1, 0.15) is 11.4 Å². The number of nitrogens with zero attached hydrogens (tertiary/aromatic N) is 2. The van der Waals surface area contributed by atoms with E-state index >= 15 is 0 Å². The Morgan fingerprint density at radius 3 is 3.06 bits per heavy atom. The summed E-state index contributed by atoms with van der Waals surface area (Å²) in [6.45, 7) is 3.04. The van der Waals surface area contributed by atoms with Gasteiger partial charge >= 0.3 is 0 Å². The molecule has 1 aliphatic rings. The van der Waals surface area contributed by atoms with Gasteiger partial charge in [-0.15, -0.1) is 0 Å². The molecule has 3 heteroatoms. The van der Waals surface area contributed by atoms with Gasteiger partial charge in [0.15, 0.2) is 0 Å². The van der Waals surface area contributed by atoms with E-state index in [0.29, 0.717) is 0 Å². The maximum atomic E-state index is 11.0. The summed E-state index contributed by atoms with van der Waals surface area (Å²) in [4.78, 5) is 4.40. The van der Waals surface area contributed by atoms with Crippen molar-refractivity contribution >= 4 is 0 Å². The van der Waals surface area contributed by atoms with Crippen molar-refractivity contribution in [1.29, 1.82) is 0 Å². The summed E-state index contributed by atoms with van der Waals surface area (Å²) in [5.74, 6) is 0.786. The van der Waals surface area contributed by atoms with Crippen molar-refractivity contribution < 1.29 is 5.11 Å². The lowest BCUT2D eigenvalue weighted by molar-refractivity contribution is 0.0692. The van der Waals surface area contributed by atoms with Gasteiger partial charge in [-0.05, 0) is 30.4 Å². The van der Waals surface area contributed by atoms with E-state index in [1.807, 2.05) is 24.4 Å². The molecule has 1 atom stereocenters. The third-order valence-corrected chi connectivity index (χ3v) is 3.77. The molecule has 2 aromatic rings. The standard InChI is InChI=1S/C15H18N2O/c1-2-10-17-11-9-16-14(17)15(18)8-7-12-5-3-4-6-13(12)15/h3-6,9,11,18H,2,7-8,10H2,1H3. The first-order valence-electron chi connectivity index (χ1n) is 6.58. The second-order valence-electron chi connectivity index (χ2n) is 4.96. The fourth-order valence-electron chi connectivity index (χ4n) is 2.92. The van der Waals surface area contributed by atoms with E-state index in [9.17, 15) is 5.11 Å². The van der Waals surface area contributed by atoms with Crippen LogP contribution in [0.15, 0.2) is 36.7 Å². The van der Waals surface area contributed by atoms with Gasteiger partial charge < -0.3 is 9.67 Å². The molecule has 3 rings (SSSR count). The van der Waals surface area contributed by atoms with Crippen molar-refractivity contribution in [2.24, 2.45) is 0 Å². The van der Waals surface area contributed by atoms with E-state index in [2.05, 4.69) is 22.5 Å². The maximum Gasteiger partial charge on any atom is 0.148 e. The van der Waals surface area contributed by atoms with Crippen LogP contribution < -0.4 is 0 Å². The number of aliphatic hydroxyl groups is 1. The van der Waals surface area contributed by atoms with Crippen LogP contribution in [0.3, 0.4) is 0 Å². The molecule has 1 unspecified atom stereocenters. The topological polar surface area (TPSA) is 38.0 Å². The molecule has 18 heavy (non-hydrogen) atoms. The molecular formula is C15H18N2O. The molecule has 0 spiro atoms. The summed E-state index contributed by atoms with van der Waals surface area (Å²) in [6, 6.07) is 8.14. The lowest BCUT2D eigenvalue weighted by Gasteiger charge is -2.24. The normalized spacial score (nSPS) is 22.1. The fraction of sp³-hybridized carbons (Fsp3) is 0.400. The van der Waals surface area contributed by atoms with E-state index in [0.717, 1.165) is 37.2 Å². The predicted molar refractivity (Wildman–Crippen MR) is 70.3 cm³/mol. The molecule has 0 saturated heterocycles. The lowest BCUT2D eigenvalue weighted by atomic mass is 9.95. The van der Waals surface area contributed by atoms with Crippen molar-refractivity contribution in [1.82, 2.24) is 9.55 Å². The Morgan fingerprint density at radius 2 is 2.22 bits per heavy atom. The molecule has 0 radical (unpaired) electrons. The quantitative estimate of drug-likeness (QED) is 0.898. The number of hydrogen-bond acceptors (Lipinski definition) is 2. The van der Waals surface area contributed by atoms with E-state index < -0.39 is 5.60 Å². The zero-order chi connectivity index (χ0) is 12.6. The number of aromatic nitrogens is 2. The van der Waals surface area contributed by atoms with Gasteiger partial charge in [0, 0.05) is 18.9 Å². The Balaban J connectivity index is 2.09. The maximum absolute atomic E-state index is 11.0. The van der Waals surface area contributed by atoms with Crippen LogP contribution in [0.5, 0.6) is 0 Å². The molecular weight excluding hydrogens is 224 g/mol. The second-order valence-corrected chi connectivity index (χ2v) is 4.96. The van der Waals surface area contributed by atoms with E-state index in [1.165, 1.54) is 5.56 Å². The summed E-state index contributed by atoms with van der Waals surface area (Å²) in [6.07, 6.45) is 6.43. The third-order valence-electron chi connectivity index (χ3n) is 3.77. The highest BCUT2D eigenvalue weighted by Crippen LogP contribution is 2.41. The third kappa shape index (κ3) is 1.58. The number of hydrogen-bond donors (Lipinski definition) is 1. The highest BCUT2D eigenvalue weighted by molar-refractivity contribution is 5.41. The van der Waals surface area contributed by atoms with E-state index in [4.69, 9.17) is 0 Å². The number of benzene rings is 1. The van der Waals surface area contributed by atoms with E-state index in [-0.39, 0.29) is 0 Å². The molecule has 1 N–H and O–H groups in total. The van der Waals surface area contributed by atoms with Crippen LogP contribution in [0.25, 0.3) is 0 Å². The molecule has 0 bridgehead atoms. The predicted octanol–water partition coefficient (Wildman–Crippen LogP) is 2.48. The second kappa shape index (κ2) is 4.25. The van der Waals surface area contributed by atoms with Crippen LogP contribution in [0, 0.1) is 0 Å². The monoisotopic (exact) mass is 242 g/mol. The van der Waals surface area contributed by atoms with Crippen molar-refractivity contribution in [3.05, 3.63) is 53.6 Å². The minimum Gasteiger partial charge on any atom is -0.377 e. The average Bonchev–Trinajstić information content (AvgIpc) is 2.97. The SMILES string of the molecule is CCCn1ccnc1C1(O)CCc2ccccc21. The summed E-state index contributed by atoms with van der Waals surface area (Å²) in [5, 5.41) is 11.0. The molecule has 0 amide bonds. The van der Waals surface area contributed by atoms with Crippen molar-refractivity contribution in [3.63, 3.8) is 0 Å². The molecule has 0 fully saturated rings. The van der Waals surface area contributed by atoms with Crippen LogP contribution in [-0.2, 0) is 18.6 Å². The first kappa shape index (κ1) is 11.5. The first-order valence-corrected chi connectivity index (χ1v) is 6.58. The van der Waals surface area contributed by atoms with Crippen molar-refractivity contribution in [3.8, 4) is 0 Å². The molecule has 1 aromatic carbocycles. The number of aryl methyl sites for hydroxylation is 2. The summed E-state index contributed by atoms with van der Waals surface area (Å²) in [5.41, 5.74) is 1.36. The van der Waals surface area contributed by atoms with Crippen LogP contribution in [0.4, 0.5) is 0 Å². The molecule has 3 nitrogen and oxygen atoms in total. The Bertz CT molecular complexity index is 561. The van der Waals surface area contributed by atoms with Crippen LogP contribution in [0.1, 0.15) is 36.7 Å². The van der Waals surface area contributed by atoms with Crippen LogP contribution >= 0.6 is 0 Å². The van der Waals surface area contributed by atoms with Gasteiger partial charge in [-0.25, -0.2) is 4.98 Å². The zero-order valence-corrected chi connectivity index (χ0v) is 10.6. The highest BCUT2D eigenvalue weighted by Gasteiger charge is 2.41. The molecule has 0 saturated carbocycles. The summed E-state index contributed by atoms with van der Waals surface area (Å²) >= 11 is 0. The van der Waals surface area contributed by atoms with Gasteiger partial charge in [-0.2, -0.15) is 0 Å². The lowest BCUT2D eigenvalue weighted by Crippen LogP contribution is -2.28. The van der Waals surface area contributed by atoms with Gasteiger partial charge in [-0.3, -0.25) is 0 Å². The molecule has 94 valence electrons. The van der Waals surface area contributed by atoms with Crippen LogP contribution in [0.2, 0.25) is 0 Å². The van der Waals surface area contributed by atoms with E-state index in [1.54, 1.807) is 6.20 Å². The van der Waals surface area contributed by atoms with Crippen molar-refractivity contribution in [2.45, 2.75) is 38.3 Å². The molecule has 0 aliphatic heterocycles. The molecule has 1 aliphatic carbocycles. The summed E-state index contributed by atoms with van der Waals surface area (Å²) in [7, 11) is 0. The number of imidazole rings is 1. The Morgan fingerprint density at radius 1 is 1.39 bits per heavy atom. The largest absolute Gasteiger partial charge is 0.377 e. The van der Waals surface area contributed by atoms with Gasteiger partial charge in [0.25, 0.3) is 0 Å². The average molecular weight is 242 g/mol. The Hall–Kier alpha value is -1.61. The molecule has 1 aromatic heterocycles. The minimum atomic E-state index is -0.907. The zero-order valence-electron chi connectivity index (χ0n) is 10.6. The smallest absolute Gasteiger partial charge is 0.148 e. The molecule has 1 heterocycles.